The number of nitrogens with zero attached hydrogens (tertiary/aromatic N) is 1. The Morgan fingerprint density at radius 2 is 1.86 bits per heavy atom. The Balaban J connectivity index is 2.11. The molecule has 0 aromatic heterocycles. The fourth-order valence-corrected chi connectivity index (χ4v) is 1.97. The third kappa shape index (κ3) is 4.07. The topological polar surface area (TPSA) is 55.8 Å². The molecule has 0 spiro atoms. The zero-order chi connectivity index (χ0) is 15.6. The Kier molecular flexibility index (Phi) is 4.37. The van der Waals surface area contributed by atoms with Gasteiger partial charge in [-0.2, -0.15) is 0 Å². The molecule has 1 heterocycles. The molecule has 1 unspecified atom stereocenters. The van der Waals surface area contributed by atoms with Crippen molar-refractivity contribution in [3.63, 3.8) is 0 Å². The van der Waals surface area contributed by atoms with Gasteiger partial charge in [0.05, 0.1) is 0 Å². The van der Waals surface area contributed by atoms with Crippen LogP contribution in [0.5, 0.6) is 5.75 Å². The molecule has 0 fully saturated rings. The summed E-state index contributed by atoms with van der Waals surface area (Å²) in [5.74, 6) is 0.0995. The van der Waals surface area contributed by atoms with E-state index in [1.54, 1.807) is 32.9 Å². The van der Waals surface area contributed by atoms with Crippen molar-refractivity contribution < 1.29 is 19.1 Å². The summed E-state index contributed by atoms with van der Waals surface area (Å²) < 4.78 is 11.8. The molecule has 1 aliphatic heterocycles. The van der Waals surface area contributed by atoms with Gasteiger partial charge in [-0.1, -0.05) is 15.9 Å². The second kappa shape index (κ2) is 5.89. The molecule has 2 rings (SSSR count). The van der Waals surface area contributed by atoms with Crippen molar-refractivity contribution in [2.75, 3.05) is 0 Å². The molecular weight excluding hydrogens is 338 g/mol. The first-order valence-corrected chi connectivity index (χ1v) is 7.22. The van der Waals surface area contributed by atoms with E-state index in [1.807, 2.05) is 12.1 Å². The molecule has 1 aromatic rings. The van der Waals surface area contributed by atoms with Gasteiger partial charge in [0, 0.05) is 10.5 Å². The number of hydrogen-bond acceptors (Lipinski definition) is 4. The minimum absolute atomic E-state index is 0.452. The van der Waals surface area contributed by atoms with Crippen LogP contribution in [0.3, 0.4) is 0 Å². The second-order valence-electron chi connectivity index (χ2n) is 5.51. The molecule has 6 heteroatoms. The highest BCUT2D eigenvalue weighted by molar-refractivity contribution is 9.10. The Morgan fingerprint density at radius 1 is 1.24 bits per heavy atom. The van der Waals surface area contributed by atoms with Gasteiger partial charge in [-0.25, -0.2) is 9.69 Å². The van der Waals surface area contributed by atoms with Crippen molar-refractivity contribution in [2.45, 2.75) is 32.6 Å². The van der Waals surface area contributed by atoms with E-state index in [0.29, 0.717) is 5.75 Å². The van der Waals surface area contributed by atoms with E-state index in [2.05, 4.69) is 15.9 Å². The molecule has 0 aliphatic carbocycles. The predicted octanol–water partition coefficient (Wildman–Crippen LogP) is 3.49. The molecule has 0 bridgehead atoms. The summed E-state index contributed by atoms with van der Waals surface area (Å²) in [6.07, 6.45) is 1.30. The maximum Gasteiger partial charge on any atom is 0.420 e. The maximum absolute atomic E-state index is 12.1. The fraction of sp³-hybridized carbons (Fsp3) is 0.333. The third-order valence-electron chi connectivity index (χ3n) is 2.56. The average molecular weight is 354 g/mol. The highest BCUT2D eigenvalue weighted by Crippen LogP contribution is 2.22. The minimum Gasteiger partial charge on any atom is -0.466 e. The van der Waals surface area contributed by atoms with Crippen LogP contribution in [0.2, 0.25) is 0 Å². The zero-order valence-corrected chi connectivity index (χ0v) is 13.6. The molecular formula is C15H16BrNO4. The Bertz CT molecular complexity index is 574. The molecule has 0 saturated heterocycles. The predicted molar refractivity (Wildman–Crippen MR) is 80.8 cm³/mol. The van der Waals surface area contributed by atoms with Crippen LogP contribution in [0.1, 0.15) is 20.8 Å². The van der Waals surface area contributed by atoms with Gasteiger partial charge in [0.25, 0.3) is 5.91 Å². The molecule has 1 atom stereocenters. The second-order valence-corrected chi connectivity index (χ2v) is 6.43. The van der Waals surface area contributed by atoms with Crippen LogP contribution in [0.4, 0.5) is 4.79 Å². The van der Waals surface area contributed by atoms with Gasteiger partial charge in [-0.3, -0.25) is 4.79 Å². The summed E-state index contributed by atoms with van der Waals surface area (Å²) in [6, 6.07) is 7.11. The van der Waals surface area contributed by atoms with Crippen LogP contribution < -0.4 is 4.74 Å². The molecule has 21 heavy (non-hydrogen) atoms. The molecule has 1 aliphatic rings. The highest BCUT2D eigenvalue weighted by atomic mass is 79.9. The first-order valence-electron chi connectivity index (χ1n) is 6.43. The number of benzene rings is 1. The van der Waals surface area contributed by atoms with Crippen molar-refractivity contribution in [2.24, 2.45) is 0 Å². The first kappa shape index (κ1) is 15.6. The van der Waals surface area contributed by atoms with Crippen molar-refractivity contribution in [1.29, 1.82) is 0 Å². The number of amides is 2. The molecule has 0 radical (unpaired) electrons. The van der Waals surface area contributed by atoms with Crippen LogP contribution >= 0.6 is 15.9 Å². The normalized spacial score (nSPS) is 18.0. The summed E-state index contributed by atoms with van der Waals surface area (Å²) in [5.41, 5.74) is -0.678. The smallest absolute Gasteiger partial charge is 0.420 e. The number of carbonyl (C=O) groups is 2. The number of ether oxygens (including phenoxy) is 2. The lowest BCUT2D eigenvalue weighted by atomic mass is 10.2. The van der Waals surface area contributed by atoms with Crippen LogP contribution in [0.15, 0.2) is 40.9 Å². The lowest BCUT2D eigenvalue weighted by Gasteiger charge is -2.27. The molecule has 1 aromatic carbocycles. The van der Waals surface area contributed by atoms with E-state index >= 15 is 0 Å². The van der Waals surface area contributed by atoms with Crippen LogP contribution in [-0.4, -0.2) is 28.7 Å². The molecule has 0 saturated carbocycles. The number of halogens is 1. The Labute approximate surface area is 131 Å². The minimum atomic E-state index is -0.798. The van der Waals surface area contributed by atoms with Crippen LogP contribution in [-0.2, 0) is 9.53 Å². The van der Waals surface area contributed by atoms with E-state index in [0.717, 1.165) is 9.37 Å². The van der Waals surface area contributed by atoms with Gasteiger partial charge >= 0.3 is 6.09 Å². The summed E-state index contributed by atoms with van der Waals surface area (Å²) in [7, 11) is 0. The van der Waals surface area contributed by atoms with Crippen LogP contribution in [0.25, 0.3) is 0 Å². The van der Waals surface area contributed by atoms with E-state index in [4.69, 9.17) is 9.47 Å². The van der Waals surface area contributed by atoms with Gasteiger partial charge in [0.2, 0.25) is 6.23 Å². The van der Waals surface area contributed by atoms with E-state index in [1.165, 1.54) is 12.2 Å². The van der Waals surface area contributed by atoms with Crippen molar-refractivity contribution in [1.82, 2.24) is 4.90 Å². The zero-order valence-electron chi connectivity index (χ0n) is 12.0. The van der Waals surface area contributed by atoms with E-state index in [9.17, 15) is 9.59 Å². The van der Waals surface area contributed by atoms with Gasteiger partial charge in [0.15, 0.2) is 0 Å². The summed E-state index contributed by atoms with van der Waals surface area (Å²) in [5, 5.41) is 0. The quantitative estimate of drug-likeness (QED) is 0.816. The number of hydrogen-bond donors (Lipinski definition) is 0. The number of carbonyl (C=O) groups excluding carboxylic acids is 2. The summed E-state index contributed by atoms with van der Waals surface area (Å²) >= 11 is 3.33. The molecule has 0 N–H and O–H groups in total. The summed E-state index contributed by atoms with van der Waals surface area (Å²) in [4.78, 5) is 24.8. The number of rotatable bonds is 2. The highest BCUT2D eigenvalue weighted by Gasteiger charge is 2.36. The Morgan fingerprint density at radius 3 is 2.43 bits per heavy atom. The van der Waals surface area contributed by atoms with Gasteiger partial charge in [-0.15, -0.1) is 0 Å². The van der Waals surface area contributed by atoms with Crippen molar-refractivity contribution in [3.05, 3.63) is 40.9 Å². The largest absolute Gasteiger partial charge is 0.466 e. The van der Waals surface area contributed by atoms with E-state index < -0.39 is 23.8 Å². The van der Waals surface area contributed by atoms with Gasteiger partial charge in [0.1, 0.15) is 11.4 Å². The SMILES string of the molecule is CC(C)(C)OC(=O)N1C(=O)C=CC1Oc1ccc(Br)cc1. The summed E-state index contributed by atoms with van der Waals surface area (Å²) in [6.45, 7) is 5.22. The third-order valence-corrected chi connectivity index (χ3v) is 3.08. The average Bonchev–Trinajstić information content (AvgIpc) is 2.71. The van der Waals surface area contributed by atoms with Crippen molar-refractivity contribution >= 4 is 27.9 Å². The first-order chi connectivity index (χ1) is 9.76. The Hall–Kier alpha value is -1.82. The monoisotopic (exact) mass is 353 g/mol. The molecule has 112 valence electrons. The van der Waals surface area contributed by atoms with Gasteiger partial charge in [-0.05, 0) is 51.1 Å². The van der Waals surface area contributed by atoms with Gasteiger partial charge < -0.3 is 9.47 Å². The lowest BCUT2D eigenvalue weighted by Crippen LogP contribution is -2.45. The molecule has 5 nitrogen and oxygen atoms in total. The lowest BCUT2D eigenvalue weighted by molar-refractivity contribution is -0.128. The number of imide groups is 1. The van der Waals surface area contributed by atoms with Crippen molar-refractivity contribution in [3.8, 4) is 5.75 Å². The fourth-order valence-electron chi connectivity index (χ4n) is 1.71. The maximum atomic E-state index is 12.1. The standard InChI is InChI=1S/C15H16BrNO4/c1-15(2,3)21-14(19)17-12(18)8-9-13(17)20-11-6-4-10(16)5-7-11/h4-9,13H,1-3H3. The van der Waals surface area contributed by atoms with E-state index in [-0.39, 0.29) is 0 Å². The van der Waals surface area contributed by atoms with Crippen LogP contribution in [0, 0.1) is 0 Å². The molecule has 2 amide bonds.